The third-order valence-electron chi connectivity index (χ3n) is 7.62. The number of nitrogens with zero attached hydrogens (tertiary/aromatic N) is 2. The first-order valence-corrected chi connectivity index (χ1v) is 8.96. The van der Waals surface area contributed by atoms with Crippen LogP contribution in [0.15, 0.2) is 0 Å². The van der Waals surface area contributed by atoms with Crippen LogP contribution in [0, 0.1) is 35.5 Å². The fraction of sp³-hybridized carbons (Fsp3) is 1.00. The molecule has 3 saturated heterocycles. The lowest BCUT2D eigenvalue weighted by molar-refractivity contribution is -0.119. The Morgan fingerprint density at radius 3 is 2.40 bits per heavy atom. The number of piperidine rings is 1. The van der Waals surface area contributed by atoms with Gasteiger partial charge in [-0.1, -0.05) is 20.3 Å². The summed E-state index contributed by atoms with van der Waals surface area (Å²) >= 11 is 0. The molecule has 2 aliphatic carbocycles. The summed E-state index contributed by atoms with van der Waals surface area (Å²) in [5, 5.41) is 0. The highest BCUT2D eigenvalue weighted by Crippen LogP contribution is 2.55. The highest BCUT2D eigenvalue weighted by molar-refractivity contribution is 5.07. The van der Waals surface area contributed by atoms with Gasteiger partial charge in [-0.05, 0) is 68.9 Å². The van der Waals surface area contributed by atoms with Gasteiger partial charge in [-0.15, -0.1) is 0 Å². The predicted molar refractivity (Wildman–Crippen MR) is 83.6 cm³/mol. The minimum absolute atomic E-state index is 0.917. The van der Waals surface area contributed by atoms with Crippen LogP contribution < -0.4 is 0 Å². The van der Waals surface area contributed by atoms with E-state index in [1.807, 2.05) is 0 Å². The maximum Gasteiger partial charge on any atom is 0.0144 e. The molecule has 2 nitrogen and oxygen atoms in total. The monoisotopic (exact) mass is 276 g/mol. The van der Waals surface area contributed by atoms with Crippen molar-refractivity contribution in [2.45, 2.75) is 51.6 Å². The summed E-state index contributed by atoms with van der Waals surface area (Å²) in [6, 6.07) is 1.84. The molecule has 0 aromatic rings. The van der Waals surface area contributed by atoms with Gasteiger partial charge in [-0.25, -0.2) is 0 Å². The Labute approximate surface area is 124 Å². The SMILES string of the molecule is C[C@@H]1CC2CC(C1C1C3CN(C)CC3CC[C@@H]1C)N2C. The molecule has 2 saturated carbocycles. The van der Waals surface area contributed by atoms with Crippen LogP contribution in [0.5, 0.6) is 0 Å². The summed E-state index contributed by atoms with van der Waals surface area (Å²) in [5.41, 5.74) is 0. The van der Waals surface area contributed by atoms with Crippen molar-refractivity contribution in [3.8, 4) is 0 Å². The number of likely N-dealkylation sites (tertiary alicyclic amines) is 1. The Balaban J connectivity index is 1.61. The standard InChI is InChI=1S/C18H32N2/c1-11-5-6-13-9-19(3)10-15(13)17(11)18-12(2)7-14-8-16(18)20(14)4/h11-18H,5-10H2,1-4H3/t11-,12+,13?,14?,15?,16?,17?,18?/m0/s1. The van der Waals surface area contributed by atoms with Crippen LogP contribution in [0.4, 0.5) is 0 Å². The quantitative estimate of drug-likeness (QED) is 0.726. The van der Waals surface area contributed by atoms with Crippen LogP contribution in [0.2, 0.25) is 0 Å². The third kappa shape index (κ3) is 1.83. The van der Waals surface area contributed by atoms with Crippen LogP contribution in [-0.2, 0) is 0 Å². The van der Waals surface area contributed by atoms with Crippen molar-refractivity contribution in [1.29, 1.82) is 0 Å². The van der Waals surface area contributed by atoms with Crippen molar-refractivity contribution in [2.24, 2.45) is 35.5 Å². The highest BCUT2D eigenvalue weighted by atomic mass is 15.2. The largest absolute Gasteiger partial charge is 0.306 e. The molecule has 20 heavy (non-hydrogen) atoms. The van der Waals surface area contributed by atoms with Crippen molar-refractivity contribution in [2.75, 3.05) is 27.2 Å². The lowest BCUT2D eigenvalue weighted by Crippen LogP contribution is -2.65. The van der Waals surface area contributed by atoms with Gasteiger partial charge in [-0.3, -0.25) is 0 Å². The van der Waals surface area contributed by atoms with E-state index >= 15 is 0 Å². The van der Waals surface area contributed by atoms with E-state index in [4.69, 9.17) is 0 Å². The second-order valence-electron chi connectivity index (χ2n) is 8.69. The van der Waals surface area contributed by atoms with Crippen molar-refractivity contribution >= 4 is 0 Å². The molecular weight excluding hydrogens is 244 g/mol. The minimum Gasteiger partial charge on any atom is -0.306 e. The van der Waals surface area contributed by atoms with Gasteiger partial charge < -0.3 is 9.80 Å². The van der Waals surface area contributed by atoms with E-state index in [1.54, 1.807) is 0 Å². The molecule has 0 amide bonds. The molecule has 0 N–H and O–H groups in total. The highest BCUT2D eigenvalue weighted by Gasteiger charge is 2.55. The van der Waals surface area contributed by atoms with Gasteiger partial charge in [0.15, 0.2) is 0 Å². The summed E-state index contributed by atoms with van der Waals surface area (Å²) < 4.78 is 0. The zero-order valence-electron chi connectivity index (χ0n) is 13.8. The molecule has 2 bridgehead atoms. The first kappa shape index (κ1) is 13.6. The van der Waals surface area contributed by atoms with E-state index < -0.39 is 0 Å². The van der Waals surface area contributed by atoms with E-state index in [0.29, 0.717) is 0 Å². The summed E-state index contributed by atoms with van der Waals surface area (Å²) in [4.78, 5) is 5.33. The molecule has 0 spiro atoms. The summed E-state index contributed by atoms with van der Waals surface area (Å²) in [7, 11) is 4.74. The zero-order valence-corrected chi connectivity index (χ0v) is 13.8. The average molecular weight is 276 g/mol. The fourth-order valence-electron chi connectivity index (χ4n) is 6.65. The third-order valence-corrected chi connectivity index (χ3v) is 7.62. The molecular formula is C18H32N2. The Kier molecular flexibility index (Phi) is 3.20. The number of rotatable bonds is 1. The van der Waals surface area contributed by atoms with Crippen LogP contribution in [-0.4, -0.2) is 49.1 Å². The van der Waals surface area contributed by atoms with Gasteiger partial charge >= 0.3 is 0 Å². The van der Waals surface area contributed by atoms with E-state index in [-0.39, 0.29) is 0 Å². The number of hydrogen-bond donors (Lipinski definition) is 0. The Bertz CT molecular complexity index is 382. The Morgan fingerprint density at radius 1 is 0.850 bits per heavy atom. The second-order valence-corrected chi connectivity index (χ2v) is 8.69. The smallest absolute Gasteiger partial charge is 0.0144 e. The Hall–Kier alpha value is -0.0800. The fourth-order valence-corrected chi connectivity index (χ4v) is 6.65. The number of fused-ring (bicyclic) bond motifs is 3. The molecule has 3 heterocycles. The first-order chi connectivity index (χ1) is 9.56. The molecule has 5 aliphatic rings. The van der Waals surface area contributed by atoms with Gasteiger partial charge in [0, 0.05) is 25.2 Å². The van der Waals surface area contributed by atoms with Gasteiger partial charge in [-0.2, -0.15) is 0 Å². The van der Waals surface area contributed by atoms with E-state index in [9.17, 15) is 0 Å². The molecule has 5 rings (SSSR count). The lowest BCUT2D eigenvalue weighted by atomic mass is 9.54. The van der Waals surface area contributed by atoms with Crippen molar-refractivity contribution in [3.05, 3.63) is 0 Å². The molecule has 2 heteroatoms. The molecule has 114 valence electrons. The maximum absolute atomic E-state index is 2.72. The van der Waals surface area contributed by atoms with Crippen LogP contribution in [0.1, 0.15) is 39.5 Å². The first-order valence-electron chi connectivity index (χ1n) is 8.96. The number of hydrogen-bond acceptors (Lipinski definition) is 2. The summed E-state index contributed by atoms with van der Waals surface area (Å²) in [6.45, 7) is 7.88. The summed E-state index contributed by atoms with van der Waals surface area (Å²) in [6.07, 6.45) is 5.95. The molecule has 6 unspecified atom stereocenters. The van der Waals surface area contributed by atoms with Gasteiger partial charge in [0.2, 0.25) is 0 Å². The van der Waals surface area contributed by atoms with Gasteiger partial charge in [0.1, 0.15) is 0 Å². The van der Waals surface area contributed by atoms with Crippen molar-refractivity contribution < 1.29 is 0 Å². The minimum atomic E-state index is 0.917. The van der Waals surface area contributed by atoms with Crippen LogP contribution in [0.25, 0.3) is 0 Å². The predicted octanol–water partition coefficient (Wildman–Crippen LogP) is 2.94. The van der Waals surface area contributed by atoms with Crippen LogP contribution >= 0.6 is 0 Å². The molecule has 5 fully saturated rings. The zero-order chi connectivity index (χ0) is 14.0. The van der Waals surface area contributed by atoms with E-state index in [0.717, 1.165) is 47.6 Å². The lowest BCUT2D eigenvalue weighted by Gasteiger charge is -2.61. The maximum atomic E-state index is 2.72. The molecule has 0 radical (unpaired) electrons. The van der Waals surface area contributed by atoms with Crippen molar-refractivity contribution in [1.82, 2.24) is 9.80 Å². The molecule has 8 atom stereocenters. The Morgan fingerprint density at radius 2 is 1.65 bits per heavy atom. The van der Waals surface area contributed by atoms with Gasteiger partial charge in [0.05, 0.1) is 0 Å². The van der Waals surface area contributed by atoms with Crippen LogP contribution in [0.3, 0.4) is 0 Å². The second kappa shape index (κ2) is 4.71. The normalized spacial score (nSPS) is 56.4. The average Bonchev–Trinajstić information content (AvgIpc) is 2.79. The molecule has 3 aliphatic heterocycles. The van der Waals surface area contributed by atoms with Crippen molar-refractivity contribution in [3.63, 3.8) is 0 Å². The van der Waals surface area contributed by atoms with Gasteiger partial charge in [0.25, 0.3) is 0 Å². The molecule has 0 aromatic carbocycles. The van der Waals surface area contributed by atoms with E-state index in [2.05, 4.69) is 37.7 Å². The summed E-state index contributed by atoms with van der Waals surface area (Å²) in [5.74, 6) is 5.92. The van der Waals surface area contributed by atoms with E-state index in [1.165, 1.54) is 38.8 Å². The topological polar surface area (TPSA) is 6.48 Å². The molecule has 0 aromatic heterocycles.